The van der Waals surface area contributed by atoms with Crippen molar-refractivity contribution in [3.05, 3.63) is 33.1 Å². The van der Waals surface area contributed by atoms with Crippen LogP contribution in [0.5, 0.6) is 0 Å². The molecule has 10 heteroatoms. The largest absolute Gasteiger partial charge is 0.329 e. The molecule has 0 radical (unpaired) electrons. The highest BCUT2D eigenvalue weighted by Crippen LogP contribution is 2.25. The average Bonchev–Trinajstić information content (AvgIpc) is 2.90. The zero-order chi connectivity index (χ0) is 17.8. The van der Waals surface area contributed by atoms with Crippen LogP contribution in [-0.4, -0.2) is 52.4 Å². The molecule has 0 amide bonds. The molecule has 2 aromatic rings. The van der Waals surface area contributed by atoms with Gasteiger partial charge in [-0.25, -0.2) is 18.2 Å². The van der Waals surface area contributed by atoms with Crippen molar-refractivity contribution >= 4 is 21.1 Å². The van der Waals surface area contributed by atoms with Gasteiger partial charge in [-0.3, -0.25) is 14.3 Å². The van der Waals surface area contributed by atoms with Gasteiger partial charge in [0, 0.05) is 38.4 Å². The van der Waals surface area contributed by atoms with Crippen molar-refractivity contribution in [1.82, 2.24) is 24.2 Å². The first-order valence-corrected chi connectivity index (χ1v) is 9.65. The van der Waals surface area contributed by atoms with E-state index in [9.17, 15) is 18.0 Å². The molecule has 2 fully saturated rings. The molecule has 2 N–H and O–H groups in total. The summed E-state index contributed by atoms with van der Waals surface area (Å²) in [4.78, 5) is 29.9. The minimum Gasteiger partial charge on any atom is -0.310 e. The first-order valence-electron chi connectivity index (χ1n) is 8.21. The standard InChI is InChI=1S/C15H19N5O4S/c1-19-13-12(14(21)18-15(19)22)6-11(7-16-13)25(23,24)20-5-4-9-2-3-10(8-20)17-9/h6-7,9-10,17H,2-5,8H2,1H3,(H,18,21,22). The summed E-state index contributed by atoms with van der Waals surface area (Å²) in [5, 5.41) is 3.53. The molecule has 25 heavy (non-hydrogen) atoms. The van der Waals surface area contributed by atoms with Crippen molar-refractivity contribution in [2.75, 3.05) is 13.1 Å². The van der Waals surface area contributed by atoms with E-state index in [0.717, 1.165) is 19.3 Å². The van der Waals surface area contributed by atoms with Crippen molar-refractivity contribution in [2.24, 2.45) is 7.05 Å². The lowest BCUT2D eigenvalue weighted by molar-refractivity contribution is 0.383. The molecule has 2 atom stereocenters. The minimum absolute atomic E-state index is 0.0260. The smallest absolute Gasteiger partial charge is 0.310 e. The molecule has 0 aliphatic carbocycles. The zero-order valence-corrected chi connectivity index (χ0v) is 14.5. The zero-order valence-electron chi connectivity index (χ0n) is 13.7. The van der Waals surface area contributed by atoms with Gasteiger partial charge in [0.25, 0.3) is 5.56 Å². The van der Waals surface area contributed by atoms with E-state index in [2.05, 4.69) is 15.3 Å². The van der Waals surface area contributed by atoms with Crippen LogP contribution in [0.25, 0.3) is 11.0 Å². The molecule has 2 saturated heterocycles. The van der Waals surface area contributed by atoms with Gasteiger partial charge in [0.05, 0.1) is 5.39 Å². The average molecular weight is 365 g/mol. The molecule has 2 aliphatic rings. The van der Waals surface area contributed by atoms with Gasteiger partial charge >= 0.3 is 5.69 Å². The minimum atomic E-state index is -3.75. The third-order valence-electron chi connectivity index (χ3n) is 5.05. The van der Waals surface area contributed by atoms with Crippen molar-refractivity contribution in [3.63, 3.8) is 0 Å². The quantitative estimate of drug-likeness (QED) is 0.715. The summed E-state index contributed by atoms with van der Waals surface area (Å²) in [6.45, 7) is 0.860. The van der Waals surface area contributed by atoms with Crippen LogP contribution in [0, 0.1) is 0 Å². The Hall–Kier alpha value is -2.04. The summed E-state index contributed by atoms with van der Waals surface area (Å²) in [6, 6.07) is 1.84. The molecule has 2 unspecified atom stereocenters. The maximum atomic E-state index is 13.0. The number of H-pyrrole nitrogens is 1. The van der Waals surface area contributed by atoms with Crippen LogP contribution in [0.3, 0.4) is 0 Å². The van der Waals surface area contributed by atoms with Crippen LogP contribution in [-0.2, 0) is 17.1 Å². The Morgan fingerprint density at radius 2 is 1.96 bits per heavy atom. The third-order valence-corrected chi connectivity index (χ3v) is 6.88. The van der Waals surface area contributed by atoms with Gasteiger partial charge in [0.15, 0.2) is 0 Å². The number of nitrogens with one attached hydrogen (secondary N) is 2. The number of sulfonamides is 1. The fraction of sp³-hybridized carbons (Fsp3) is 0.533. The molecule has 4 rings (SSSR count). The number of pyridine rings is 1. The Morgan fingerprint density at radius 3 is 2.76 bits per heavy atom. The molecule has 2 aromatic heterocycles. The molecule has 0 spiro atoms. The van der Waals surface area contributed by atoms with Crippen LogP contribution in [0.15, 0.2) is 26.7 Å². The molecule has 134 valence electrons. The summed E-state index contributed by atoms with van der Waals surface area (Å²) in [7, 11) is -2.28. The van der Waals surface area contributed by atoms with E-state index in [4.69, 9.17) is 0 Å². The van der Waals surface area contributed by atoms with Gasteiger partial charge in [-0.05, 0) is 25.3 Å². The van der Waals surface area contributed by atoms with Gasteiger partial charge in [0.2, 0.25) is 10.0 Å². The molecular weight excluding hydrogens is 346 g/mol. The van der Waals surface area contributed by atoms with E-state index < -0.39 is 21.3 Å². The SMILES string of the molecule is Cn1c(=O)[nH]c(=O)c2cc(S(=O)(=O)N3CCC4CCC(C3)N4)cnc21. The van der Waals surface area contributed by atoms with E-state index in [1.807, 2.05) is 0 Å². The number of aromatic amines is 1. The summed E-state index contributed by atoms with van der Waals surface area (Å²) >= 11 is 0. The van der Waals surface area contributed by atoms with Crippen LogP contribution in [0.4, 0.5) is 0 Å². The maximum Gasteiger partial charge on any atom is 0.329 e. The van der Waals surface area contributed by atoms with Gasteiger partial charge in [-0.2, -0.15) is 4.31 Å². The highest BCUT2D eigenvalue weighted by molar-refractivity contribution is 7.89. The molecule has 2 bridgehead atoms. The second-order valence-electron chi connectivity index (χ2n) is 6.65. The number of aromatic nitrogens is 3. The van der Waals surface area contributed by atoms with E-state index >= 15 is 0 Å². The molecule has 4 heterocycles. The summed E-state index contributed by atoms with van der Waals surface area (Å²) in [5.74, 6) is 0. The first kappa shape index (κ1) is 16.4. The van der Waals surface area contributed by atoms with Crippen LogP contribution in [0.1, 0.15) is 19.3 Å². The fourth-order valence-electron chi connectivity index (χ4n) is 3.64. The van der Waals surface area contributed by atoms with Crippen LogP contribution >= 0.6 is 0 Å². The maximum absolute atomic E-state index is 13.0. The van der Waals surface area contributed by atoms with E-state index in [1.54, 1.807) is 0 Å². The lowest BCUT2D eigenvalue weighted by Gasteiger charge is -2.23. The molecular formula is C15H19N5O4S. The van der Waals surface area contributed by atoms with Crippen molar-refractivity contribution in [1.29, 1.82) is 0 Å². The highest BCUT2D eigenvalue weighted by Gasteiger charge is 2.35. The Labute approximate surface area is 143 Å². The van der Waals surface area contributed by atoms with Crippen molar-refractivity contribution < 1.29 is 8.42 Å². The van der Waals surface area contributed by atoms with Crippen molar-refractivity contribution in [2.45, 2.75) is 36.2 Å². The summed E-state index contributed by atoms with van der Waals surface area (Å²) < 4.78 is 28.6. The number of hydrogen-bond acceptors (Lipinski definition) is 6. The highest BCUT2D eigenvalue weighted by atomic mass is 32.2. The van der Waals surface area contributed by atoms with E-state index in [1.165, 1.54) is 28.2 Å². The third kappa shape index (κ3) is 2.70. The molecule has 2 aliphatic heterocycles. The number of hydrogen-bond donors (Lipinski definition) is 2. The lowest BCUT2D eigenvalue weighted by Crippen LogP contribution is -2.39. The summed E-state index contributed by atoms with van der Waals surface area (Å²) in [5.41, 5.74) is -1.07. The second-order valence-corrected chi connectivity index (χ2v) is 8.59. The Bertz CT molecular complexity index is 1060. The van der Waals surface area contributed by atoms with Gasteiger partial charge in [-0.1, -0.05) is 0 Å². The number of rotatable bonds is 2. The second kappa shape index (κ2) is 5.75. The van der Waals surface area contributed by atoms with Crippen molar-refractivity contribution in [3.8, 4) is 0 Å². The normalized spacial score (nSPS) is 24.5. The molecule has 0 aromatic carbocycles. The van der Waals surface area contributed by atoms with Gasteiger partial charge < -0.3 is 5.32 Å². The number of nitrogens with zero attached hydrogens (tertiary/aromatic N) is 3. The number of fused-ring (bicyclic) bond motifs is 3. The van der Waals surface area contributed by atoms with E-state index in [-0.39, 0.29) is 22.0 Å². The first-order chi connectivity index (χ1) is 11.9. The predicted molar refractivity (Wildman–Crippen MR) is 90.9 cm³/mol. The van der Waals surface area contributed by atoms with Crippen LogP contribution in [0.2, 0.25) is 0 Å². The Morgan fingerprint density at radius 1 is 1.20 bits per heavy atom. The monoisotopic (exact) mass is 365 g/mol. The van der Waals surface area contributed by atoms with E-state index in [0.29, 0.717) is 19.1 Å². The lowest BCUT2D eigenvalue weighted by atomic mass is 10.1. The topological polar surface area (TPSA) is 117 Å². The fourth-order valence-corrected chi connectivity index (χ4v) is 5.11. The Kier molecular flexibility index (Phi) is 3.78. The predicted octanol–water partition coefficient (Wildman–Crippen LogP) is -0.863. The molecule has 9 nitrogen and oxygen atoms in total. The van der Waals surface area contributed by atoms with Gasteiger partial charge in [-0.15, -0.1) is 0 Å². The van der Waals surface area contributed by atoms with Gasteiger partial charge in [0.1, 0.15) is 10.5 Å². The molecule has 0 saturated carbocycles. The number of aryl methyl sites for hydroxylation is 1. The summed E-state index contributed by atoms with van der Waals surface area (Å²) in [6.07, 6.45) is 4.03. The Balaban J connectivity index is 1.78. The van der Waals surface area contributed by atoms with Crippen LogP contribution < -0.4 is 16.6 Å².